The van der Waals surface area contributed by atoms with E-state index in [4.69, 9.17) is 0 Å². The van der Waals surface area contributed by atoms with Crippen LogP contribution in [-0.2, 0) is 0 Å². The first-order valence-electron chi connectivity index (χ1n) is 1.85. The van der Waals surface area contributed by atoms with Crippen molar-refractivity contribution in [3.8, 4) is 0 Å². The summed E-state index contributed by atoms with van der Waals surface area (Å²) in [6.45, 7) is 2.01. The molecular formula is C4H6NS. The van der Waals surface area contributed by atoms with Gasteiger partial charge in [0.1, 0.15) is 0 Å². The molecule has 2 heteroatoms. The van der Waals surface area contributed by atoms with Crippen LogP contribution in [0.25, 0.3) is 0 Å². The van der Waals surface area contributed by atoms with Crippen molar-refractivity contribution in [1.29, 1.82) is 0 Å². The number of nitrogens with zero attached hydrogens (tertiary/aromatic N) is 1. The van der Waals surface area contributed by atoms with Crippen molar-refractivity contribution in [2.45, 2.75) is 6.92 Å². The zero-order valence-electron chi connectivity index (χ0n) is 3.64. The smallest absolute Gasteiger partial charge is 0.0850 e. The van der Waals surface area contributed by atoms with Crippen molar-refractivity contribution in [3.63, 3.8) is 0 Å². The minimum absolute atomic E-state index is 0.936. The second kappa shape index (κ2) is 1.65. The van der Waals surface area contributed by atoms with E-state index in [9.17, 15) is 0 Å². The van der Waals surface area contributed by atoms with Crippen LogP contribution in [0.1, 0.15) is 6.92 Å². The maximum Gasteiger partial charge on any atom is 0.0850 e. The van der Waals surface area contributed by atoms with Gasteiger partial charge in [-0.1, -0.05) is 0 Å². The van der Waals surface area contributed by atoms with Gasteiger partial charge in [0, 0.05) is 5.71 Å². The number of hydrogen-bond donors (Lipinski definition) is 0. The fourth-order valence-corrected chi connectivity index (χ4v) is 1.00. The average Bonchev–Trinajstić information content (AvgIpc) is 1.86. The molecule has 0 bridgehead atoms. The molecule has 0 unspecified atom stereocenters. The molecular weight excluding hydrogens is 94.1 g/mol. The monoisotopic (exact) mass is 100 g/mol. The van der Waals surface area contributed by atoms with Crippen molar-refractivity contribution in [2.75, 3.05) is 5.88 Å². The summed E-state index contributed by atoms with van der Waals surface area (Å²) in [6, 6.07) is 0. The maximum atomic E-state index is 4.06. The first-order valence-corrected chi connectivity index (χ1v) is 2.90. The number of aliphatic imine (C=N–C) groups is 1. The Bertz CT molecular complexity index is 77.6. The Kier molecular flexibility index (Phi) is 1.15. The van der Waals surface area contributed by atoms with Crippen molar-refractivity contribution in [1.82, 2.24) is 0 Å². The maximum absolute atomic E-state index is 4.06. The molecule has 1 nitrogen and oxygen atoms in total. The van der Waals surface area contributed by atoms with Gasteiger partial charge in [0.15, 0.2) is 0 Å². The first-order chi connectivity index (χ1) is 2.89. The molecule has 0 spiro atoms. The molecule has 0 aromatic heterocycles. The molecule has 0 fully saturated rings. The highest BCUT2D eigenvalue weighted by molar-refractivity contribution is 8.02. The summed E-state index contributed by atoms with van der Waals surface area (Å²) in [5, 5.41) is 0. The average molecular weight is 100 g/mol. The van der Waals surface area contributed by atoms with Crippen LogP contribution in [0.15, 0.2) is 4.99 Å². The minimum Gasteiger partial charge on any atom is -0.282 e. The van der Waals surface area contributed by atoms with E-state index in [-0.39, 0.29) is 0 Å². The van der Waals surface area contributed by atoms with E-state index < -0.39 is 0 Å². The van der Waals surface area contributed by atoms with E-state index in [0.717, 1.165) is 5.88 Å². The fourth-order valence-electron chi connectivity index (χ4n) is 0.334. The number of hydrogen-bond acceptors (Lipinski definition) is 2. The predicted octanol–water partition coefficient (Wildman–Crippen LogP) is 1.31. The Morgan fingerprint density at radius 1 is 2.00 bits per heavy atom. The van der Waals surface area contributed by atoms with Crippen molar-refractivity contribution >= 4 is 17.5 Å². The highest BCUT2D eigenvalue weighted by atomic mass is 32.2. The zero-order chi connectivity index (χ0) is 4.41. The fraction of sp³-hybridized carbons (Fsp3) is 0.500. The second-order valence-corrected chi connectivity index (χ2v) is 2.04. The summed E-state index contributed by atoms with van der Waals surface area (Å²) < 4.78 is 0. The van der Waals surface area contributed by atoms with Crippen molar-refractivity contribution in [2.24, 2.45) is 4.99 Å². The molecule has 6 heavy (non-hydrogen) atoms. The summed E-state index contributed by atoms with van der Waals surface area (Å²) in [4.78, 5) is 4.06. The van der Waals surface area contributed by atoms with Gasteiger partial charge in [-0.05, 0) is 6.92 Å². The van der Waals surface area contributed by atoms with E-state index in [1.807, 2.05) is 6.92 Å². The van der Waals surface area contributed by atoms with Gasteiger partial charge in [-0.2, -0.15) is 0 Å². The van der Waals surface area contributed by atoms with Crippen LogP contribution in [0, 0.1) is 5.75 Å². The standard InChI is InChI=1S/C4H6NS/c1-4-2-6-3-5-4/h2H,3H2,1H3. The molecule has 0 amide bonds. The molecule has 0 N–H and O–H groups in total. The Hall–Kier alpha value is 0.0200. The lowest BCUT2D eigenvalue weighted by Crippen LogP contribution is -1.77. The van der Waals surface area contributed by atoms with Gasteiger partial charge in [0.25, 0.3) is 0 Å². The van der Waals surface area contributed by atoms with E-state index in [1.54, 1.807) is 11.8 Å². The van der Waals surface area contributed by atoms with Gasteiger partial charge < -0.3 is 0 Å². The van der Waals surface area contributed by atoms with Gasteiger partial charge in [0.05, 0.1) is 11.6 Å². The lowest BCUT2D eigenvalue weighted by molar-refractivity contribution is 1.40. The van der Waals surface area contributed by atoms with Gasteiger partial charge >= 0.3 is 0 Å². The van der Waals surface area contributed by atoms with Gasteiger partial charge in [-0.15, -0.1) is 11.8 Å². The van der Waals surface area contributed by atoms with Crippen LogP contribution in [0.5, 0.6) is 0 Å². The largest absolute Gasteiger partial charge is 0.282 e. The van der Waals surface area contributed by atoms with E-state index in [1.165, 1.54) is 5.71 Å². The van der Waals surface area contributed by atoms with Crippen molar-refractivity contribution in [3.05, 3.63) is 5.75 Å². The van der Waals surface area contributed by atoms with Crippen LogP contribution in [0.2, 0.25) is 0 Å². The number of rotatable bonds is 0. The van der Waals surface area contributed by atoms with E-state index in [2.05, 4.69) is 10.7 Å². The Morgan fingerprint density at radius 2 is 2.83 bits per heavy atom. The molecule has 1 rings (SSSR count). The second-order valence-electron chi connectivity index (χ2n) is 1.21. The Labute approximate surface area is 41.8 Å². The number of thioether (sulfide) groups is 1. The highest BCUT2D eigenvalue weighted by Gasteiger charge is 1.97. The lowest BCUT2D eigenvalue weighted by Gasteiger charge is -1.74. The van der Waals surface area contributed by atoms with Crippen LogP contribution in [0.3, 0.4) is 0 Å². The van der Waals surface area contributed by atoms with Gasteiger partial charge in [-0.3, -0.25) is 4.99 Å². The molecule has 0 saturated heterocycles. The van der Waals surface area contributed by atoms with Crippen LogP contribution >= 0.6 is 11.8 Å². The normalized spacial score (nSPS) is 21.2. The van der Waals surface area contributed by atoms with E-state index >= 15 is 0 Å². The van der Waals surface area contributed by atoms with E-state index in [0.29, 0.717) is 0 Å². The molecule has 0 aliphatic carbocycles. The van der Waals surface area contributed by atoms with Crippen LogP contribution in [0.4, 0.5) is 0 Å². The SMILES string of the molecule is CC1=NCS[CH]1. The highest BCUT2D eigenvalue weighted by Crippen LogP contribution is 2.13. The Morgan fingerprint density at radius 3 is 3.00 bits per heavy atom. The van der Waals surface area contributed by atoms with Crippen LogP contribution < -0.4 is 0 Å². The van der Waals surface area contributed by atoms with Gasteiger partial charge in [-0.25, -0.2) is 0 Å². The summed E-state index contributed by atoms with van der Waals surface area (Å²) >= 11 is 1.75. The molecule has 1 radical (unpaired) electrons. The molecule has 0 aromatic rings. The molecule has 1 heterocycles. The molecule has 0 saturated carbocycles. The topological polar surface area (TPSA) is 12.4 Å². The third kappa shape index (κ3) is 0.744. The lowest BCUT2D eigenvalue weighted by atomic mass is 10.5. The third-order valence-electron chi connectivity index (χ3n) is 0.642. The molecule has 1 aliphatic rings. The Balaban J connectivity index is 2.45. The minimum atomic E-state index is 0.936. The molecule has 0 aromatic carbocycles. The quantitative estimate of drug-likeness (QED) is 0.447. The molecule has 0 atom stereocenters. The summed E-state index contributed by atoms with van der Waals surface area (Å²) in [7, 11) is 0. The zero-order valence-corrected chi connectivity index (χ0v) is 4.46. The van der Waals surface area contributed by atoms with Gasteiger partial charge in [0.2, 0.25) is 0 Å². The third-order valence-corrected chi connectivity index (χ3v) is 1.43. The summed E-state index contributed by atoms with van der Waals surface area (Å²) in [5.74, 6) is 3.01. The summed E-state index contributed by atoms with van der Waals surface area (Å²) in [5.41, 5.74) is 1.17. The first kappa shape index (κ1) is 4.19. The summed E-state index contributed by atoms with van der Waals surface area (Å²) in [6.07, 6.45) is 0. The van der Waals surface area contributed by atoms with Crippen molar-refractivity contribution < 1.29 is 0 Å². The molecule has 1 aliphatic heterocycles. The van der Waals surface area contributed by atoms with Crippen LogP contribution in [-0.4, -0.2) is 11.6 Å². The predicted molar refractivity (Wildman–Crippen MR) is 29.9 cm³/mol. The molecule has 33 valence electrons.